The Balaban J connectivity index is 1.73. The number of rotatable bonds is 7. The summed E-state index contributed by atoms with van der Waals surface area (Å²) >= 11 is 1.51. The van der Waals surface area contributed by atoms with Crippen LogP contribution in [0.25, 0.3) is 11.4 Å². The van der Waals surface area contributed by atoms with Gasteiger partial charge in [0.25, 0.3) is 0 Å². The van der Waals surface area contributed by atoms with Crippen LogP contribution in [0.1, 0.15) is 25.8 Å². The van der Waals surface area contributed by atoms with Gasteiger partial charge in [0.2, 0.25) is 11.7 Å². The molecule has 0 saturated carbocycles. The molecule has 0 bridgehead atoms. The number of aromatic nitrogens is 5. The molecule has 3 rings (SSSR count). The van der Waals surface area contributed by atoms with E-state index in [1.54, 1.807) is 20.5 Å². The fourth-order valence-corrected chi connectivity index (χ4v) is 3.10. The molecule has 0 fully saturated rings. The van der Waals surface area contributed by atoms with Gasteiger partial charge >= 0.3 is 0 Å². The molecule has 25 heavy (non-hydrogen) atoms. The van der Waals surface area contributed by atoms with E-state index in [0.717, 1.165) is 10.7 Å². The molecular formula is C16H19N5O3S. The Morgan fingerprint density at radius 1 is 1.20 bits per heavy atom. The Hall–Kier alpha value is -2.55. The fourth-order valence-electron chi connectivity index (χ4n) is 2.22. The molecule has 8 nitrogen and oxygen atoms in total. The predicted molar refractivity (Wildman–Crippen MR) is 92.8 cm³/mol. The average Bonchev–Trinajstić information content (AvgIpc) is 3.28. The summed E-state index contributed by atoms with van der Waals surface area (Å²) in [4.78, 5) is 4.43. The Morgan fingerprint density at radius 2 is 2.00 bits per heavy atom. The van der Waals surface area contributed by atoms with Gasteiger partial charge in [0.05, 0.1) is 20.0 Å². The molecule has 3 aromatic rings. The average molecular weight is 361 g/mol. The number of ether oxygens (including phenoxy) is 2. The van der Waals surface area contributed by atoms with Gasteiger partial charge < -0.3 is 18.6 Å². The van der Waals surface area contributed by atoms with Crippen molar-refractivity contribution in [2.24, 2.45) is 0 Å². The van der Waals surface area contributed by atoms with Crippen LogP contribution in [0.2, 0.25) is 0 Å². The van der Waals surface area contributed by atoms with Gasteiger partial charge in [-0.2, -0.15) is 4.98 Å². The van der Waals surface area contributed by atoms with Crippen molar-refractivity contribution in [1.82, 2.24) is 24.9 Å². The van der Waals surface area contributed by atoms with Crippen molar-refractivity contribution in [2.75, 3.05) is 14.2 Å². The molecule has 0 saturated heterocycles. The number of hydrogen-bond acceptors (Lipinski definition) is 8. The minimum atomic E-state index is 0.294. The highest BCUT2D eigenvalue weighted by atomic mass is 32.2. The van der Waals surface area contributed by atoms with Crippen LogP contribution in [0.4, 0.5) is 0 Å². The lowest BCUT2D eigenvalue weighted by Gasteiger charge is -2.08. The van der Waals surface area contributed by atoms with Crippen LogP contribution >= 0.6 is 11.8 Å². The number of methoxy groups -OCH3 is 2. The van der Waals surface area contributed by atoms with E-state index in [1.165, 1.54) is 11.8 Å². The second kappa shape index (κ2) is 7.56. The molecule has 2 aromatic heterocycles. The Bertz CT molecular complexity index is 846. The smallest absolute Gasteiger partial charge is 0.237 e. The van der Waals surface area contributed by atoms with Gasteiger partial charge in [-0.1, -0.05) is 16.9 Å². The molecule has 0 spiro atoms. The second-order valence-electron chi connectivity index (χ2n) is 5.48. The summed E-state index contributed by atoms with van der Waals surface area (Å²) in [5.41, 5.74) is 0.794. The first-order valence-electron chi connectivity index (χ1n) is 7.69. The molecule has 0 aliphatic rings. The third kappa shape index (κ3) is 3.76. The van der Waals surface area contributed by atoms with E-state index in [4.69, 9.17) is 14.0 Å². The lowest BCUT2D eigenvalue weighted by atomic mass is 10.2. The summed E-state index contributed by atoms with van der Waals surface area (Å²) < 4.78 is 17.9. The van der Waals surface area contributed by atoms with E-state index in [2.05, 4.69) is 34.2 Å². The first kappa shape index (κ1) is 17.3. The lowest BCUT2D eigenvalue weighted by Crippen LogP contribution is -2.00. The molecule has 0 amide bonds. The van der Waals surface area contributed by atoms with Crippen LogP contribution in [0.15, 0.2) is 34.2 Å². The molecule has 0 radical (unpaired) electrons. The van der Waals surface area contributed by atoms with Crippen molar-refractivity contribution in [3.8, 4) is 22.9 Å². The van der Waals surface area contributed by atoms with E-state index >= 15 is 0 Å². The fraction of sp³-hybridized carbons (Fsp3) is 0.375. The van der Waals surface area contributed by atoms with Gasteiger partial charge in [0.1, 0.15) is 6.33 Å². The van der Waals surface area contributed by atoms with Crippen LogP contribution in [0.3, 0.4) is 0 Å². The zero-order chi connectivity index (χ0) is 17.8. The highest BCUT2D eigenvalue weighted by molar-refractivity contribution is 7.98. The van der Waals surface area contributed by atoms with E-state index < -0.39 is 0 Å². The maximum atomic E-state index is 5.34. The quantitative estimate of drug-likeness (QED) is 0.593. The molecule has 0 atom stereocenters. The summed E-state index contributed by atoms with van der Waals surface area (Å²) in [6, 6.07) is 5.78. The maximum Gasteiger partial charge on any atom is 0.237 e. The molecule has 0 unspecified atom stereocenters. The van der Waals surface area contributed by atoms with Gasteiger partial charge in [-0.05, 0) is 32.0 Å². The van der Waals surface area contributed by atoms with Crippen LogP contribution < -0.4 is 9.47 Å². The minimum absolute atomic E-state index is 0.294. The van der Waals surface area contributed by atoms with E-state index in [1.807, 2.05) is 22.8 Å². The van der Waals surface area contributed by atoms with Crippen LogP contribution in [0.5, 0.6) is 11.5 Å². The molecule has 9 heteroatoms. The number of benzene rings is 1. The number of hydrogen-bond donors (Lipinski definition) is 0. The Labute approximate surface area is 149 Å². The van der Waals surface area contributed by atoms with Crippen molar-refractivity contribution < 1.29 is 14.0 Å². The molecule has 0 N–H and O–H groups in total. The summed E-state index contributed by atoms with van der Waals surface area (Å²) in [5.74, 6) is 2.81. The third-order valence-corrected chi connectivity index (χ3v) is 4.47. The zero-order valence-corrected chi connectivity index (χ0v) is 15.3. The third-order valence-electron chi connectivity index (χ3n) is 3.53. The van der Waals surface area contributed by atoms with Crippen LogP contribution in [0, 0.1) is 0 Å². The van der Waals surface area contributed by atoms with Gasteiger partial charge in [0, 0.05) is 11.6 Å². The van der Waals surface area contributed by atoms with Crippen LogP contribution in [-0.2, 0) is 5.75 Å². The molecule has 2 heterocycles. The minimum Gasteiger partial charge on any atom is -0.493 e. The highest BCUT2D eigenvalue weighted by Crippen LogP contribution is 2.31. The molecular weight excluding hydrogens is 342 g/mol. The summed E-state index contributed by atoms with van der Waals surface area (Å²) in [5, 5.41) is 12.9. The largest absolute Gasteiger partial charge is 0.493 e. The molecule has 0 aliphatic carbocycles. The number of thioether (sulfide) groups is 1. The summed E-state index contributed by atoms with van der Waals surface area (Å²) in [6.07, 6.45) is 1.72. The summed E-state index contributed by atoms with van der Waals surface area (Å²) in [7, 11) is 3.18. The lowest BCUT2D eigenvalue weighted by molar-refractivity contribution is 0.355. The normalized spacial score (nSPS) is 11.1. The molecule has 1 aromatic carbocycles. The van der Waals surface area contributed by atoms with Crippen LogP contribution in [-0.4, -0.2) is 39.1 Å². The van der Waals surface area contributed by atoms with E-state index in [9.17, 15) is 0 Å². The standard InChI is InChI=1S/C16H19N5O3S/c1-10(2)21-9-17-19-16(21)25-8-14-18-15(20-24-14)11-5-6-12(22-3)13(7-11)23-4/h5-7,9-10H,8H2,1-4H3. The topological polar surface area (TPSA) is 88.1 Å². The van der Waals surface area contributed by atoms with E-state index in [0.29, 0.717) is 35.0 Å². The number of nitrogens with zero attached hydrogens (tertiary/aromatic N) is 5. The van der Waals surface area contributed by atoms with Gasteiger partial charge in [0.15, 0.2) is 16.7 Å². The maximum absolute atomic E-state index is 5.34. The second-order valence-corrected chi connectivity index (χ2v) is 6.43. The van der Waals surface area contributed by atoms with Gasteiger partial charge in [-0.3, -0.25) is 0 Å². The van der Waals surface area contributed by atoms with Crippen molar-refractivity contribution in [3.05, 3.63) is 30.4 Å². The first-order valence-corrected chi connectivity index (χ1v) is 8.68. The predicted octanol–water partition coefficient (Wildman–Crippen LogP) is 3.22. The van der Waals surface area contributed by atoms with Crippen molar-refractivity contribution >= 4 is 11.8 Å². The Morgan fingerprint density at radius 3 is 2.72 bits per heavy atom. The van der Waals surface area contributed by atoms with E-state index in [-0.39, 0.29) is 0 Å². The zero-order valence-electron chi connectivity index (χ0n) is 14.5. The van der Waals surface area contributed by atoms with Crippen molar-refractivity contribution in [1.29, 1.82) is 0 Å². The van der Waals surface area contributed by atoms with Crippen molar-refractivity contribution in [2.45, 2.75) is 30.8 Å². The molecule has 132 valence electrons. The first-order chi connectivity index (χ1) is 12.1. The SMILES string of the molecule is COc1ccc(-c2noc(CSc3nncn3C(C)C)n2)cc1OC. The summed E-state index contributed by atoms with van der Waals surface area (Å²) in [6.45, 7) is 4.16. The molecule has 0 aliphatic heterocycles. The van der Waals surface area contributed by atoms with Gasteiger partial charge in [-0.15, -0.1) is 10.2 Å². The van der Waals surface area contributed by atoms with Gasteiger partial charge in [-0.25, -0.2) is 0 Å². The van der Waals surface area contributed by atoms with Crippen molar-refractivity contribution in [3.63, 3.8) is 0 Å². The highest BCUT2D eigenvalue weighted by Gasteiger charge is 2.14. The monoisotopic (exact) mass is 361 g/mol. The Kier molecular flexibility index (Phi) is 5.22.